The first-order valence-corrected chi connectivity index (χ1v) is 14.8. The second-order valence-electron chi connectivity index (χ2n) is 7.42. The molecule has 2 atom stereocenters. The van der Waals surface area contributed by atoms with Crippen LogP contribution in [-0.4, -0.2) is 19.4 Å². The Morgan fingerprint density at radius 2 is 1.07 bits per heavy atom. The van der Waals surface area contributed by atoms with E-state index in [4.69, 9.17) is 0 Å². The molecule has 0 aromatic heterocycles. The predicted molar refractivity (Wildman–Crippen MR) is 83.9 cm³/mol. The normalized spacial score (nSPS) is 30.4. The maximum Gasteiger partial charge on any atom is 0.0862 e. The van der Waals surface area contributed by atoms with Crippen LogP contribution in [0.3, 0.4) is 0 Å². The second kappa shape index (κ2) is 4.25. The Balaban J connectivity index is 2.56. The van der Waals surface area contributed by atoms with Crippen molar-refractivity contribution < 1.29 is 0 Å². The first-order chi connectivity index (χ1) is 6.43. The largest absolute Gasteiger partial charge is 0.0862 e. The number of halogens is 2. The molecule has 0 bridgehead atoms. The zero-order valence-corrected chi connectivity index (χ0v) is 16.0. The lowest BCUT2D eigenvalue weighted by atomic mass is 10.4. The van der Waals surface area contributed by atoms with E-state index >= 15 is 0 Å². The van der Waals surface area contributed by atoms with Gasteiger partial charge >= 0.3 is 0 Å². The molecule has 1 aliphatic rings. The molecular formula is C11H24Br2Si2. The van der Waals surface area contributed by atoms with Gasteiger partial charge in [-0.2, -0.15) is 0 Å². The number of hydrogen-bond acceptors (Lipinski definition) is 0. The molecule has 1 aliphatic carbocycles. The highest BCUT2D eigenvalue weighted by atomic mass is 79.9. The fourth-order valence-electron chi connectivity index (χ4n) is 2.34. The molecule has 0 aromatic rings. The van der Waals surface area contributed by atoms with Gasteiger partial charge < -0.3 is 0 Å². The molecule has 90 valence electrons. The van der Waals surface area contributed by atoms with Crippen molar-refractivity contribution in [3.8, 4) is 0 Å². The van der Waals surface area contributed by atoms with Gasteiger partial charge in [0.05, 0.1) is 3.23 Å². The van der Waals surface area contributed by atoms with Crippen molar-refractivity contribution in [3.05, 3.63) is 0 Å². The summed E-state index contributed by atoms with van der Waals surface area (Å²) in [6.45, 7) is 14.9. The van der Waals surface area contributed by atoms with Crippen molar-refractivity contribution in [2.75, 3.05) is 0 Å². The molecule has 0 aromatic carbocycles. The van der Waals surface area contributed by atoms with E-state index in [1.807, 2.05) is 0 Å². The van der Waals surface area contributed by atoms with Crippen LogP contribution in [0, 0.1) is 11.8 Å². The van der Waals surface area contributed by atoms with Crippen LogP contribution in [0.15, 0.2) is 0 Å². The minimum Gasteiger partial charge on any atom is -0.0721 e. The topological polar surface area (TPSA) is 0 Å². The zero-order chi connectivity index (χ0) is 12.1. The summed E-state index contributed by atoms with van der Waals surface area (Å²) in [7, 11) is -1.82. The lowest BCUT2D eigenvalue weighted by Crippen LogP contribution is -2.22. The molecule has 0 aliphatic heterocycles. The lowest BCUT2D eigenvalue weighted by Gasteiger charge is -2.17. The van der Waals surface area contributed by atoms with Crippen molar-refractivity contribution in [1.82, 2.24) is 0 Å². The van der Waals surface area contributed by atoms with E-state index < -0.39 is 16.1 Å². The number of rotatable bonds is 4. The molecule has 15 heavy (non-hydrogen) atoms. The summed E-state index contributed by atoms with van der Waals surface area (Å²) in [4.78, 5) is 0. The van der Waals surface area contributed by atoms with E-state index in [1.165, 1.54) is 12.1 Å². The van der Waals surface area contributed by atoms with E-state index in [1.54, 1.807) is 0 Å². The van der Waals surface area contributed by atoms with Crippen molar-refractivity contribution in [2.24, 2.45) is 11.8 Å². The minimum atomic E-state index is -0.908. The minimum absolute atomic E-state index is 0.292. The smallest absolute Gasteiger partial charge is 0.0721 e. The van der Waals surface area contributed by atoms with Crippen LogP contribution in [0.1, 0.15) is 0 Å². The Labute approximate surface area is 114 Å². The second-order valence-corrected chi connectivity index (χ2v) is 22.2. The summed E-state index contributed by atoms with van der Waals surface area (Å²) in [6.07, 6.45) is 0. The van der Waals surface area contributed by atoms with Gasteiger partial charge in [-0.15, -0.1) is 0 Å². The molecule has 1 rings (SSSR count). The summed E-state index contributed by atoms with van der Waals surface area (Å²) < 4.78 is 0.292. The fraction of sp³-hybridized carbons (Fsp3) is 1.00. The molecule has 0 spiro atoms. The Morgan fingerprint density at radius 3 is 1.27 bits per heavy atom. The standard InChI is InChI=1S/C11H24Br2Si2/c1-14(2,3)7-9-10(11(9,12)13)8-15(4,5)6/h9-10H,7-8H2,1-6H3/t9-,10+. The third-order valence-corrected chi connectivity index (χ3v) is 8.71. The average Bonchev–Trinajstić information content (AvgIpc) is 2.32. The molecule has 0 heterocycles. The average molecular weight is 372 g/mol. The maximum absolute atomic E-state index is 3.89. The third kappa shape index (κ3) is 4.28. The summed E-state index contributed by atoms with van der Waals surface area (Å²) in [5, 5.41) is 0. The summed E-state index contributed by atoms with van der Waals surface area (Å²) in [5.74, 6) is 1.77. The highest BCUT2D eigenvalue weighted by Gasteiger charge is 2.62. The van der Waals surface area contributed by atoms with Gasteiger partial charge in [0, 0.05) is 16.1 Å². The molecule has 0 amide bonds. The molecule has 1 saturated carbocycles. The van der Waals surface area contributed by atoms with E-state index in [2.05, 4.69) is 71.1 Å². The Bertz CT molecular complexity index is 214. The lowest BCUT2D eigenvalue weighted by molar-refractivity contribution is 0.805. The first kappa shape index (κ1) is 14.5. The fourth-order valence-corrected chi connectivity index (χ4v) is 9.04. The first-order valence-electron chi connectivity index (χ1n) is 5.81. The monoisotopic (exact) mass is 370 g/mol. The molecule has 0 unspecified atom stereocenters. The van der Waals surface area contributed by atoms with Gasteiger partial charge in [0.15, 0.2) is 0 Å². The van der Waals surface area contributed by atoms with Crippen molar-refractivity contribution in [3.63, 3.8) is 0 Å². The van der Waals surface area contributed by atoms with E-state index in [0.29, 0.717) is 3.23 Å². The van der Waals surface area contributed by atoms with E-state index in [-0.39, 0.29) is 0 Å². The van der Waals surface area contributed by atoms with Gasteiger partial charge in [-0.25, -0.2) is 0 Å². The summed E-state index contributed by atoms with van der Waals surface area (Å²) >= 11 is 7.77. The van der Waals surface area contributed by atoms with E-state index in [9.17, 15) is 0 Å². The highest BCUT2D eigenvalue weighted by molar-refractivity contribution is 9.25. The van der Waals surface area contributed by atoms with Gasteiger partial charge in [-0.05, 0) is 11.8 Å². The van der Waals surface area contributed by atoms with Gasteiger partial charge in [-0.1, -0.05) is 83.2 Å². The van der Waals surface area contributed by atoms with Crippen LogP contribution in [0.4, 0.5) is 0 Å². The zero-order valence-electron chi connectivity index (χ0n) is 10.8. The Kier molecular flexibility index (Phi) is 4.10. The van der Waals surface area contributed by atoms with Crippen molar-refractivity contribution in [2.45, 2.75) is 54.6 Å². The molecule has 1 fully saturated rings. The predicted octanol–water partition coefficient (Wildman–Crippen LogP) is 5.39. The Hall–Kier alpha value is 1.39. The summed E-state index contributed by atoms with van der Waals surface area (Å²) in [6, 6.07) is 2.91. The van der Waals surface area contributed by atoms with E-state index in [0.717, 1.165) is 11.8 Å². The van der Waals surface area contributed by atoms with Crippen LogP contribution >= 0.6 is 31.9 Å². The number of hydrogen-bond donors (Lipinski definition) is 0. The quantitative estimate of drug-likeness (QED) is 0.458. The molecule has 0 saturated heterocycles. The molecule has 0 radical (unpaired) electrons. The van der Waals surface area contributed by atoms with Gasteiger partial charge in [-0.3, -0.25) is 0 Å². The molecule has 0 nitrogen and oxygen atoms in total. The SMILES string of the molecule is C[Si](C)(C)C[C@@H]1[C@H](C[Si](C)(C)C)C1(Br)Br. The molecule has 4 heteroatoms. The van der Waals surface area contributed by atoms with Gasteiger partial charge in [0.1, 0.15) is 0 Å². The van der Waals surface area contributed by atoms with Crippen LogP contribution < -0.4 is 0 Å². The summed E-state index contributed by atoms with van der Waals surface area (Å²) in [5.41, 5.74) is 0. The maximum atomic E-state index is 3.89. The van der Waals surface area contributed by atoms with Crippen LogP contribution in [0.25, 0.3) is 0 Å². The van der Waals surface area contributed by atoms with Crippen molar-refractivity contribution in [1.29, 1.82) is 0 Å². The van der Waals surface area contributed by atoms with Crippen LogP contribution in [-0.2, 0) is 0 Å². The number of alkyl halides is 2. The highest BCUT2D eigenvalue weighted by Crippen LogP contribution is 2.67. The molecular weight excluding hydrogens is 348 g/mol. The van der Waals surface area contributed by atoms with Crippen LogP contribution in [0.2, 0.25) is 51.4 Å². The van der Waals surface area contributed by atoms with Gasteiger partial charge in [0.2, 0.25) is 0 Å². The van der Waals surface area contributed by atoms with Crippen molar-refractivity contribution >= 4 is 48.0 Å². The Morgan fingerprint density at radius 1 is 0.800 bits per heavy atom. The van der Waals surface area contributed by atoms with Gasteiger partial charge in [0.25, 0.3) is 0 Å². The molecule has 0 N–H and O–H groups in total. The third-order valence-electron chi connectivity index (χ3n) is 3.03. The van der Waals surface area contributed by atoms with Crippen LogP contribution in [0.5, 0.6) is 0 Å².